The molecular weight excluding hydrogens is 194 g/mol. The Kier molecular flexibility index (Phi) is 3.07. The molecule has 1 rings (SSSR count). The molecule has 0 aliphatic carbocycles. The molecule has 0 aromatic heterocycles. The Balaban J connectivity index is 2.99. The Hall–Kier alpha value is -1.06. The molecule has 0 aromatic carbocycles. The zero-order chi connectivity index (χ0) is 11.8. The van der Waals surface area contributed by atoms with Gasteiger partial charge >= 0.3 is 5.97 Å². The van der Waals surface area contributed by atoms with E-state index < -0.39 is 5.54 Å². The van der Waals surface area contributed by atoms with Gasteiger partial charge in [-0.3, -0.25) is 9.59 Å². The van der Waals surface area contributed by atoms with Crippen molar-refractivity contribution in [2.24, 2.45) is 5.92 Å². The fourth-order valence-electron chi connectivity index (χ4n) is 2.48. The lowest BCUT2D eigenvalue weighted by Gasteiger charge is -2.37. The minimum Gasteiger partial charge on any atom is -0.469 e. The second kappa shape index (κ2) is 3.83. The van der Waals surface area contributed by atoms with Gasteiger partial charge in [0.2, 0.25) is 5.91 Å². The third-order valence-electron chi connectivity index (χ3n) is 3.12. The van der Waals surface area contributed by atoms with Crippen LogP contribution in [0.3, 0.4) is 0 Å². The number of hydrogen-bond acceptors (Lipinski definition) is 3. The van der Waals surface area contributed by atoms with Crippen LogP contribution in [0.1, 0.15) is 34.1 Å². The number of carbonyl (C=O) groups excluding carboxylic acids is 2. The van der Waals surface area contributed by atoms with E-state index >= 15 is 0 Å². The highest BCUT2D eigenvalue weighted by molar-refractivity contribution is 5.88. The maximum Gasteiger partial charge on any atom is 0.311 e. The first-order chi connectivity index (χ1) is 6.82. The topological polar surface area (TPSA) is 46.6 Å². The summed E-state index contributed by atoms with van der Waals surface area (Å²) in [6.45, 7) is 7.75. The van der Waals surface area contributed by atoms with Crippen LogP contribution in [0.25, 0.3) is 0 Å². The van der Waals surface area contributed by atoms with E-state index in [1.807, 2.05) is 27.7 Å². The quantitative estimate of drug-likeness (QED) is 0.647. The van der Waals surface area contributed by atoms with Gasteiger partial charge in [-0.1, -0.05) is 0 Å². The lowest BCUT2D eigenvalue weighted by atomic mass is 9.88. The Morgan fingerprint density at radius 1 is 1.53 bits per heavy atom. The molecule has 1 amide bonds. The third kappa shape index (κ3) is 1.85. The number of nitrogens with zero attached hydrogens (tertiary/aromatic N) is 1. The summed E-state index contributed by atoms with van der Waals surface area (Å²) >= 11 is 0. The number of amides is 1. The predicted molar refractivity (Wildman–Crippen MR) is 56.2 cm³/mol. The van der Waals surface area contributed by atoms with Gasteiger partial charge in [0.1, 0.15) is 0 Å². The van der Waals surface area contributed by atoms with Crippen LogP contribution < -0.4 is 0 Å². The van der Waals surface area contributed by atoms with E-state index in [1.54, 1.807) is 4.90 Å². The number of ether oxygens (including phenoxy) is 1. The van der Waals surface area contributed by atoms with E-state index in [0.717, 1.165) is 0 Å². The van der Waals surface area contributed by atoms with E-state index in [2.05, 4.69) is 0 Å². The van der Waals surface area contributed by atoms with Crippen LogP contribution in [0, 0.1) is 5.92 Å². The van der Waals surface area contributed by atoms with Crippen LogP contribution in [-0.2, 0) is 14.3 Å². The molecule has 1 aliphatic heterocycles. The molecular formula is C11H19NO3. The number of hydrogen-bond donors (Lipinski definition) is 0. The van der Waals surface area contributed by atoms with Crippen LogP contribution in [0.4, 0.5) is 0 Å². The van der Waals surface area contributed by atoms with Crippen molar-refractivity contribution in [1.82, 2.24) is 4.90 Å². The van der Waals surface area contributed by atoms with Crippen molar-refractivity contribution in [2.75, 3.05) is 7.11 Å². The highest BCUT2D eigenvalue weighted by Crippen LogP contribution is 2.37. The van der Waals surface area contributed by atoms with Crippen LogP contribution in [0.5, 0.6) is 0 Å². The summed E-state index contributed by atoms with van der Waals surface area (Å²) in [6, 6.07) is 0.113. The molecule has 0 bridgehead atoms. The monoisotopic (exact) mass is 213 g/mol. The minimum atomic E-state index is -0.446. The summed E-state index contributed by atoms with van der Waals surface area (Å²) in [5, 5.41) is 0. The Morgan fingerprint density at radius 2 is 2.07 bits per heavy atom. The zero-order valence-electron chi connectivity index (χ0n) is 10.0. The van der Waals surface area contributed by atoms with Gasteiger partial charge in [-0.05, 0) is 27.7 Å². The van der Waals surface area contributed by atoms with Crippen LogP contribution >= 0.6 is 0 Å². The molecule has 0 saturated carbocycles. The Morgan fingerprint density at radius 3 is 2.40 bits per heavy atom. The normalized spacial score (nSPS) is 24.8. The Labute approximate surface area is 90.6 Å². The van der Waals surface area contributed by atoms with Crippen LogP contribution in [0.2, 0.25) is 0 Å². The fraction of sp³-hybridized carbons (Fsp3) is 0.818. The second-order valence-electron chi connectivity index (χ2n) is 4.79. The van der Waals surface area contributed by atoms with Crippen molar-refractivity contribution < 1.29 is 14.3 Å². The predicted octanol–water partition coefficient (Wildman–Crippen LogP) is 1.19. The van der Waals surface area contributed by atoms with E-state index in [1.165, 1.54) is 7.11 Å². The average molecular weight is 213 g/mol. The summed E-state index contributed by atoms with van der Waals surface area (Å²) < 4.78 is 4.73. The van der Waals surface area contributed by atoms with Gasteiger partial charge in [0.05, 0.1) is 18.6 Å². The first kappa shape index (κ1) is 12.0. The molecule has 0 radical (unpaired) electrons. The highest BCUT2D eigenvalue weighted by Gasteiger charge is 2.51. The molecule has 15 heavy (non-hydrogen) atoms. The molecule has 1 atom stereocenters. The van der Waals surface area contributed by atoms with Crippen molar-refractivity contribution in [3.05, 3.63) is 0 Å². The average Bonchev–Trinajstić information content (AvgIpc) is 2.34. The summed E-state index contributed by atoms with van der Waals surface area (Å²) in [6.07, 6.45) is 0.262. The van der Waals surface area contributed by atoms with Crippen molar-refractivity contribution >= 4 is 11.9 Å². The third-order valence-corrected chi connectivity index (χ3v) is 3.12. The van der Waals surface area contributed by atoms with Gasteiger partial charge in [-0.25, -0.2) is 0 Å². The molecule has 0 aromatic rings. The lowest BCUT2D eigenvalue weighted by molar-refractivity contribution is -0.148. The number of likely N-dealkylation sites (tertiary alicyclic amines) is 1. The van der Waals surface area contributed by atoms with E-state index in [9.17, 15) is 9.59 Å². The van der Waals surface area contributed by atoms with Gasteiger partial charge in [0, 0.05) is 12.5 Å². The van der Waals surface area contributed by atoms with Crippen LogP contribution in [0.15, 0.2) is 0 Å². The summed E-state index contributed by atoms with van der Waals surface area (Å²) in [4.78, 5) is 25.1. The van der Waals surface area contributed by atoms with Crippen LogP contribution in [-0.4, -0.2) is 35.5 Å². The summed E-state index contributed by atoms with van der Waals surface area (Å²) in [7, 11) is 1.36. The van der Waals surface area contributed by atoms with E-state index in [-0.39, 0.29) is 30.3 Å². The van der Waals surface area contributed by atoms with Gasteiger partial charge in [0.25, 0.3) is 0 Å². The largest absolute Gasteiger partial charge is 0.469 e. The molecule has 1 fully saturated rings. The standard InChI is InChI=1S/C11H19NO3/c1-7(2)12-9(13)6-8(10(14)15-5)11(12,3)4/h7-8H,6H2,1-5H3. The maximum atomic E-state index is 11.8. The molecule has 1 aliphatic rings. The molecule has 1 heterocycles. The second-order valence-corrected chi connectivity index (χ2v) is 4.79. The van der Waals surface area contributed by atoms with E-state index in [0.29, 0.717) is 0 Å². The fourth-order valence-corrected chi connectivity index (χ4v) is 2.48. The molecule has 86 valence electrons. The van der Waals surface area contributed by atoms with Crippen molar-refractivity contribution in [3.8, 4) is 0 Å². The van der Waals surface area contributed by atoms with Crippen molar-refractivity contribution in [2.45, 2.75) is 45.7 Å². The maximum absolute atomic E-state index is 11.8. The highest BCUT2D eigenvalue weighted by atomic mass is 16.5. The minimum absolute atomic E-state index is 0.0328. The first-order valence-corrected chi connectivity index (χ1v) is 5.22. The molecule has 4 heteroatoms. The summed E-state index contributed by atoms with van der Waals surface area (Å²) in [5.41, 5.74) is -0.446. The number of methoxy groups -OCH3 is 1. The number of carbonyl (C=O) groups is 2. The van der Waals surface area contributed by atoms with E-state index in [4.69, 9.17) is 4.74 Å². The summed E-state index contributed by atoms with van der Waals surface area (Å²) in [5.74, 6) is -0.612. The van der Waals surface area contributed by atoms with Gasteiger partial charge in [-0.2, -0.15) is 0 Å². The van der Waals surface area contributed by atoms with Crippen molar-refractivity contribution in [3.63, 3.8) is 0 Å². The van der Waals surface area contributed by atoms with Gasteiger partial charge in [-0.15, -0.1) is 0 Å². The molecule has 0 spiro atoms. The number of rotatable bonds is 2. The van der Waals surface area contributed by atoms with Gasteiger partial charge < -0.3 is 9.64 Å². The molecule has 1 unspecified atom stereocenters. The SMILES string of the molecule is COC(=O)C1CC(=O)N(C(C)C)C1(C)C. The molecule has 1 saturated heterocycles. The first-order valence-electron chi connectivity index (χ1n) is 5.22. The zero-order valence-corrected chi connectivity index (χ0v) is 10.0. The lowest BCUT2D eigenvalue weighted by Crippen LogP contribution is -2.49. The molecule has 4 nitrogen and oxygen atoms in total. The van der Waals surface area contributed by atoms with Crippen molar-refractivity contribution in [1.29, 1.82) is 0 Å². The molecule has 0 N–H and O–H groups in total. The number of esters is 1. The Bertz CT molecular complexity index is 284. The smallest absolute Gasteiger partial charge is 0.311 e. The van der Waals surface area contributed by atoms with Gasteiger partial charge in [0.15, 0.2) is 0 Å².